The molecule has 0 unspecified atom stereocenters. The van der Waals surface area contributed by atoms with E-state index in [-0.39, 0.29) is 28.5 Å². The molecule has 1 aromatic heterocycles. The molecule has 10 heteroatoms. The van der Waals surface area contributed by atoms with Crippen LogP contribution in [0.3, 0.4) is 0 Å². The molecule has 28 heavy (non-hydrogen) atoms. The Morgan fingerprint density at radius 3 is 2.61 bits per heavy atom. The number of sulfonamides is 1. The fourth-order valence-corrected chi connectivity index (χ4v) is 4.72. The van der Waals surface area contributed by atoms with Crippen LogP contribution in [-0.4, -0.2) is 36.4 Å². The molecule has 0 saturated heterocycles. The van der Waals surface area contributed by atoms with E-state index >= 15 is 0 Å². The molecule has 2 atom stereocenters. The number of benzene rings is 1. The van der Waals surface area contributed by atoms with Crippen LogP contribution in [0, 0.1) is 5.92 Å². The molecular weight excluding hydrogens is 398 g/mol. The number of amidine groups is 1. The van der Waals surface area contributed by atoms with Gasteiger partial charge in [-0.1, -0.05) is 57.6 Å². The molecule has 0 saturated carbocycles. The Morgan fingerprint density at radius 1 is 1.25 bits per heavy atom. The third-order valence-corrected chi connectivity index (χ3v) is 7.08. The molecule has 2 heterocycles. The lowest BCUT2D eigenvalue weighted by Gasteiger charge is -2.18. The standard InChI is InChI=1S/C18H23N5O3S2/c1-5-11(4)14(16(24)20-18-22-21-17(27-18)10(2)3)19-15-12-8-6-7-9-13(12)28(25,26)23-15/h6-11,14H,5H2,1-4H3,(H,19,23)(H,20,22,24)/t11-,14-/m0/s1. The van der Waals surface area contributed by atoms with E-state index in [2.05, 4.69) is 25.2 Å². The van der Waals surface area contributed by atoms with Crippen LogP contribution in [0.1, 0.15) is 50.6 Å². The molecule has 0 radical (unpaired) electrons. The van der Waals surface area contributed by atoms with Crippen molar-refractivity contribution in [3.63, 3.8) is 0 Å². The number of nitrogens with one attached hydrogen (secondary N) is 2. The number of carbonyl (C=O) groups excluding carboxylic acids is 1. The number of hydrogen-bond acceptors (Lipinski definition) is 7. The first-order valence-electron chi connectivity index (χ1n) is 9.07. The van der Waals surface area contributed by atoms with Crippen LogP contribution in [-0.2, 0) is 14.8 Å². The number of amides is 1. The first-order valence-corrected chi connectivity index (χ1v) is 11.4. The van der Waals surface area contributed by atoms with Crippen molar-refractivity contribution in [2.45, 2.75) is 51.0 Å². The van der Waals surface area contributed by atoms with Gasteiger partial charge >= 0.3 is 0 Å². The zero-order valence-corrected chi connectivity index (χ0v) is 17.8. The number of hydrogen-bond donors (Lipinski definition) is 2. The van der Waals surface area contributed by atoms with Gasteiger partial charge in [-0.05, 0) is 18.1 Å². The molecule has 1 aliphatic heterocycles. The van der Waals surface area contributed by atoms with Crippen molar-refractivity contribution < 1.29 is 13.2 Å². The number of carbonyl (C=O) groups is 1. The van der Waals surface area contributed by atoms with Gasteiger partial charge < -0.3 is 0 Å². The molecule has 1 aliphatic rings. The summed E-state index contributed by atoms with van der Waals surface area (Å²) in [6.07, 6.45) is 0.705. The second kappa shape index (κ2) is 7.96. The van der Waals surface area contributed by atoms with Crippen LogP contribution < -0.4 is 10.0 Å². The monoisotopic (exact) mass is 421 g/mol. The minimum absolute atomic E-state index is 0.0951. The third kappa shape index (κ3) is 4.07. The lowest BCUT2D eigenvalue weighted by molar-refractivity contribution is -0.118. The average Bonchev–Trinajstić information content (AvgIpc) is 3.22. The Hall–Kier alpha value is -2.33. The van der Waals surface area contributed by atoms with Crippen LogP contribution in [0.2, 0.25) is 0 Å². The summed E-state index contributed by atoms with van der Waals surface area (Å²) >= 11 is 1.32. The van der Waals surface area contributed by atoms with Gasteiger partial charge in [0.25, 0.3) is 15.9 Å². The molecule has 0 fully saturated rings. The molecular formula is C18H23N5O3S2. The van der Waals surface area contributed by atoms with Gasteiger partial charge in [-0.2, -0.15) is 0 Å². The Morgan fingerprint density at radius 2 is 1.96 bits per heavy atom. The highest BCUT2D eigenvalue weighted by Gasteiger charge is 2.33. The van der Waals surface area contributed by atoms with Gasteiger partial charge in [-0.25, -0.2) is 8.42 Å². The van der Waals surface area contributed by atoms with Crippen LogP contribution in [0.4, 0.5) is 5.13 Å². The Labute approximate surface area is 168 Å². The number of nitrogens with zero attached hydrogens (tertiary/aromatic N) is 3. The number of fused-ring (bicyclic) bond motifs is 1. The molecule has 150 valence electrons. The summed E-state index contributed by atoms with van der Waals surface area (Å²) in [6, 6.07) is 5.83. The van der Waals surface area contributed by atoms with E-state index < -0.39 is 16.1 Å². The smallest absolute Gasteiger partial charge is 0.263 e. The minimum atomic E-state index is -3.66. The number of anilines is 1. The average molecular weight is 422 g/mol. The number of aromatic nitrogens is 2. The van der Waals surface area contributed by atoms with E-state index in [1.807, 2.05) is 27.7 Å². The summed E-state index contributed by atoms with van der Waals surface area (Å²) in [5, 5.41) is 12.1. The number of rotatable bonds is 6. The first-order chi connectivity index (χ1) is 13.2. The molecule has 0 spiro atoms. The van der Waals surface area contributed by atoms with Crippen LogP contribution in [0.5, 0.6) is 0 Å². The highest BCUT2D eigenvalue weighted by atomic mass is 32.2. The van der Waals surface area contributed by atoms with Crippen molar-refractivity contribution in [2.24, 2.45) is 10.9 Å². The Balaban J connectivity index is 1.91. The van der Waals surface area contributed by atoms with Crippen molar-refractivity contribution in [1.82, 2.24) is 14.9 Å². The van der Waals surface area contributed by atoms with E-state index in [1.54, 1.807) is 18.2 Å². The molecule has 2 aromatic rings. The van der Waals surface area contributed by atoms with E-state index in [1.165, 1.54) is 17.4 Å². The molecule has 2 N–H and O–H groups in total. The van der Waals surface area contributed by atoms with Gasteiger partial charge in [0.1, 0.15) is 16.9 Å². The summed E-state index contributed by atoms with van der Waals surface area (Å²) < 4.78 is 27.1. The summed E-state index contributed by atoms with van der Waals surface area (Å²) in [6.45, 7) is 7.87. The highest BCUT2D eigenvalue weighted by Crippen LogP contribution is 2.26. The largest absolute Gasteiger partial charge is 0.299 e. The van der Waals surface area contributed by atoms with Gasteiger partial charge in [-0.15, -0.1) is 10.2 Å². The number of aliphatic imine (C=N–C) groups is 1. The molecule has 1 aromatic carbocycles. The topological polar surface area (TPSA) is 113 Å². The van der Waals surface area contributed by atoms with E-state index in [0.717, 1.165) is 5.01 Å². The van der Waals surface area contributed by atoms with Gasteiger partial charge in [-0.3, -0.25) is 19.8 Å². The quantitative estimate of drug-likeness (QED) is 0.744. The zero-order chi connectivity index (χ0) is 20.5. The third-order valence-electron chi connectivity index (χ3n) is 4.55. The van der Waals surface area contributed by atoms with Gasteiger partial charge in [0.2, 0.25) is 5.13 Å². The summed E-state index contributed by atoms with van der Waals surface area (Å²) in [5.41, 5.74) is 0.474. The van der Waals surface area contributed by atoms with Crippen LogP contribution in [0.15, 0.2) is 34.2 Å². The Bertz CT molecular complexity index is 1010. The molecule has 3 rings (SSSR count). The zero-order valence-electron chi connectivity index (χ0n) is 16.1. The SMILES string of the molecule is CC[C@H](C)[C@H](N=C1NS(=O)(=O)c2ccccc21)C(=O)Nc1nnc(C(C)C)s1. The van der Waals surface area contributed by atoms with Gasteiger partial charge in [0, 0.05) is 11.5 Å². The molecule has 1 amide bonds. The van der Waals surface area contributed by atoms with Crippen LogP contribution >= 0.6 is 11.3 Å². The minimum Gasteiger partial charge on any atom is -0.299 e. The second-order valence-corrected chi connectivity index (χ2v) is 9.66. The van der Waals surface area contributed by atoms with E-state index in [9.17, 15) is 13.2 Å². The van der Waals surface area contributed by atoms with Crippen LogP contribution in [0.25, 0.3) is 0 Å². The van der Waals surface area contributed by atoms with Gasteiger partial charge in [0.05, 0.1) is 4.90 Å². The van der Waals surface area contributed by atoms with Crippen molar-refractivity contribution in [3.05, 3.63) is 34.8 Å². The lowest BCUT2D eigenvalue weighted by atomic mass is 9.99. The van der Waals surface area contributed by atoms with Gasteiger partial charge in [0.15, 0.2) is 0 Å². The first kappa shape index (κ1) is 20.4. The van der Waals surface area contributed by atoms with E-state index in [0.29, 0.717) is 17.1 Å². The normalized spacial score (nSPS) is 18.5. The van der Waals surface area contributed by atoms with E-state index in [4.69, 9.17) is 0 Å². The molecule has 8 nitrogen and oxygen atoms in total. The maximum Gasteiger partial charge on any atom is 0.263 e. The maximum atomic E-state index is 12.9. The fraction of sp³-hybridized carbons (Fsp3) is 0.444. The molecule has 0 aliphatic carbocycles. The summed E-state index contributed by atoms with van der Waals surface area (Å²) in [5.74, 6) is -0.0199. The summed E-state index contributed by atoms with van der Waals surface area (Å²) in [7, 11) is -3.66. The van der Waals surface area contributed by atoms with Crippen molar-refractivity contribution in [2.75, 3.05) is 5.32 Å². The Kier molecular flexibility index (Phi) is 5.80. The lowest BCUT2D eigenvalue weighted by Crippen LogP contribution is -2.34. The molecule has 0 bridgehead atoms. The predicted octanol–water partition coefficient (Wildman–Crippen LogP) is 2.75. The maximum absolute atomic E-state index is 12.9. The highest BCUT2D eigenvalue weighted by molar-refractivity contribution is 7.90. The second-order valence-electron chi connectivity index (χ2n) is 7.00. The predicted molar refractivity (Wildman–Crippen MR) is 109 cm³/mol. The van der Waals surface area contributed by atoms with Crippen molar-refractivity contribution >= 4 is 38.2 Å². The fourth-order valence-electron chi connectivity index (χ4n) is 2.73. The summed E-state index contributed by atoms with van der Waals surface area (Å²) in [4.78, 5) is 17.6. The van der Waals surface area contributed by atoms with Crippen molar-refractivity contribution in [3.8, 4) is 0 Å². The van der Waals surface area contributed by atoms with Crippen molar-refractivity contribution in [1.29, 1.82) is 0 Å².